The summed E-state index contributed by atoms with van der Waals surface area (Å²) in [6.45, 7) is 0.449. The maximum atomic E-state index is 10.0. The van der Waals surface area contributed by atoms with Gasteiger partial charge in [0.1, 0.15) is 6.61 Å². The van der Waals surface area contributed by atoms with Gasteiger partial charge in [-0.2, -0.15) is 0 Å². The summed E-state index contributed by atoms with van der Waals surface area (Å²) in [6, 6.07) is 7.60. The van der Waals surface area contributed by atoms with Crippen molar-refractivity contribution in [3.05, 3.63) is 24.3 Å². The standard InChI is InChI=1S/C13H16O3/c14-10(7-9-5-6-9)13-8-15-11-3-1-2-4-12(11)16-13/h1-4,9-10,13-14H,5-8H2. The summed E-state index contributed by atoms with van der Waals surface area (Å²) in [4.78, 5) is 0. The van der Waals surface area contributed by atoms with Crippen molar-refractivity contribution in [2.75, 3.05) is 6.61 Å². The number of fused-ring (bicyclic) bond motifs is 1. The molecule has 2 unspecified atom stereocenters. The van der Waals surface area contributed by atoms with Crippen molar-refractivity contribution in [3.8, 4) is 11.5 Å². The minimum absolute atomic E-state index is 0.213. The molecule has 1 saturated carbocycles. The highest BCUT2D eigenvalue weighted by molar-refractivity contribution is 5.40. The van der Waals surface area contributed by atoms with E-state index >= 15 is 0 Å². The number of rotatable bonds is 3. The Balaban J connectivity index is 1.67. The third-order valence-electron chi connectivity index (χ3n) is 3.23. The first-order valence-corrected chi connectivity index (χ1v) is 5.89. The van der Waals surface area contributed by atoms with Gasteiger partial charge in [-0.15, -0.1) is 0 Å². The molecule has 1 aromatic carbocycles. The Labute approximate surface area is 95.0 Å². The molecular formula is C13H16O3. The first-order valence-electron chi connectivity index (χ1n) is 5.89. The molecular weight excluding hydrogens is 204 g/mol. The van der Waals surface area contributed by atoms with Gasteiger partial charge < -0.3 is 14.6 Å². The molecule has 3 nitrogen and oxygen atoms in total. The SMILES string of the molecule is OC(CC1CC1)C1COc2ccccc2O1. The lowest BCUT2D eigenvalue weighted by atomic mass is 10.1. The van der Waals surface area contributed by atoms with Crippen LogP contribution >= 0.6 is 0 Å². The molecule has 1 aliphatic carbocycles. The van der Waals surface area contributed by atoms with Crippen LogP contribution in [0.1, 0.15) is 19.3 Å². The van der Waals surface area contributed by atoms with E-state index in [1.165, 1.54) is 12.8 Å². The van der Waals surface area contributed by atoms with Gasteiger partial charge in [-0.1, -0.05) is 25.0 Å². The van der Waals surface area contributed by atoms with Crippen LogP contribution in [0.3, 0.4) is 0 Å². The molecule has 3 rings (SSSR count). The molecule has 2 atom stereocenters. The molecule has 1 aliphatic heterocycles. The molecule has 0 amide bonds. The van der Waals surface area contributed by atoms with Crippen LogP contribution in [-0.2, 0) is 0 Å². The van der Waals surface area contributed by atoms with E-state index in [1.807, 2.05) is 24.3 Å². The van der Waals surface area contributed by atoms with Gasteiger partial charge in [0.05, 0.1) is 6.10 Å². The van der Waals surface area contributed by atoms with Crippen LogP contribution < -0.4 is 9.47 Å². The summed E-state index contributed by atoms with van der Waals surface area (Å²) in [5, 5.41) is 10.0. The Morgan fingerprint density at radius 3 is 2.75 bits per heavy atom. The van der Waals surface area contributed by atoms with Crippen LogP contribution in [-0.4, -0.2) is 23.9 Å². The molecule has 1 heterocycles. The zero-order valence-corrected chi connectivity index (χ0v) is 9.13. The second-order valence-electron chi connectivity index (χ2n) is 4.66. The largest absolute Gasteiger partial charge is 0.486 e. The van der Waals surface area contributed by atoms with Crippen LogP contribution in [0.5, 0.6) is 11.5 Å². The fraction of sp³-hybridized carbons (Fsp3) is 0.538. The summed E-state index contributed by atoms with van der Waals surface area (Å²) in [7, 11) is 0. The van der Waals surface area contributed by atoms with Crippen molar-refractivity contribution in [1.82, 2.24) is 0 Å². The van der Waals surface area contributed by atoms with E-state index in [0.29, 0.717) is 12.5 Å². The minimum atomic E-state index is -0.402. The Hall–Kier alpha value is -1.22. The summed E-state index contributed by atoms with van der Waals surface area (Å²) >= 11 is 0. The van der Waals surface area contributed by atoms with Gasteiger partial charge in [0.15, 0.2) is 17.6 Å². The van der Waals surface area contributed by atoms with Crippen LogP contribution in [0.15, 0.2) is 24.3 Å². The Morgan fingerprint density at radius 1 is 1.25 bits per heavy atom. The average Bonchev–Trinajstić information content (AvgIpc) is 3.12. The van der Waals surface area contributed by atoms with Gasteiger partial charge in [0.25, 0.3) is 0 Å². The first-order chi connectivity index (χ1) is 7.83. The number of aliphatic hydroxyl groups excluding tert-OH is 1. The molecule has 0 saturated heterocycles. The molecule has 1 fully saturated rings. The van der Waals surface area contributed by atoms with Crippen molar-refractivity contribution in [3.63, 3.8) is 0 Å². The number of hydrogen-bond donors (Lipinski definition) is 1. The summed E-state index contributed by atoms with van der Waals surface area (Å²) < 4.78 is 11.3. The predicted octanol–water partition coefficient (Wildman–Crippen LogP) is 1.99. The van der Waals surface area contributed by atoms with Gasteiger partial charge in [-0.05, 0) is 24.5 Å². The smallest absolute Gasteiger partial charge is 0.161 e. The molecule has 16 heavy (non-hydrogen) atoms. The van der Waals surface area contributed by atoms with Crippen molar-refractivity contribution < 1.29 is 14.6 Å². The van der Waals surface area contributed by atoms with Gasteiger partial charge in [-0.3, -0.25) is 0 Å². The molecule has 0 spiro atoms. The van der Waals surface area contributed by atoms with E-state index in [4.69, 9.17) is 9.47 Å². The zero-order chi connectivity index (χ0) is 11.0. The van der Waals surface area contributed by atoms with E-state index < -0.39 is 6.10 Å². The average molecular weight is 220 g/mol. The van der Waals surface area contributed by atoms with Crippen molar-refractivity contribution in [2.24, 2.45) is 5.92 Å². The first kappa shape index (κ1) is 9.97. The zero-order valence-electron chi connectivity index (χ0n) is 9.13. The number of benzene rings is 1. The van der Waals surface area contributed by atoms with Crippen molar-refractivity contribution in [1.29, 1.82) is 0 Å². The number of hydrogen-bond acceptors (Lipinski definition) is 3. The second kappa shape index (κ2) is 3.98. The fourth-order valence-corrected chi connectivity index (χ4v) is 2.07. The lowest BCUT2D eigenvalue weighted by Gasteiger charge is -2.29. The topological polar surface area (TPSA) is 38.7 Å². The second-order valence-corrected chi connectivity index (χ2v) is 4.66. The minimum Gasteiger partial charge on any atom is -0.486 e. The van der Waals surface area contributed by atoms with Gasteiger partial charge in [0.2, 0.25) is 0 Å². The fourth-order valence-electron chi connectivity index (χ4n) is 2.07. The number of ether oxygens (including phenoxy) is 2. The normalized spacial score (nSPS) is 25.2. The Bertz CT molecular complexity index is 373. The highest BCUT2D eigenvalue weighted by Crippen LogP contribution is 2.36. The summed E-state index contributed by atoms with van der Waals surface area (Å²) in [6.07, 6.45) is 2.73. The molecule has 1 N–H and O–H groups in total. The summed E-state index contributed by atoms with van der Waals surface area (Å²) in [5.41, 5.74) is 0. The van der Waals surface area contributed by atoms with Crippen LogP contribution in [0.25, 0.3) is 0 Å². The molecule has 0 aromatic heterocycles. The molecule has 3 heteroatoms. The van der Waals surface area contributed by atoms with E-state index in [-0.39, 0.29) is 6.10 Å². The Kier molecular flexibility index (Phi) is 2.48. The number of aliphatic hydroxyl groups is 1. The maximum absolute atomic E-state index is 10.0. The van der Waals surface area contributed by atoms with Crippen molar-refractivity contribution >= 4 is 0 Å². The maximum Gasteiger partial charge on any atom is 0.161 e. The van der Waals surface area contributed by atoms with E-state index in [2.05, 4.69) is 0 Å². The van der Waals surface area contributed by atoms with Crippen molar-refractivity contribution in [2.45, 2.75) is 31.5 Å². The molecule has 0 bridgehead atoms. The lowest BCUT2D eigenvalue weighted by Crippen LogP contribution is -2.39. The summed E-state index contributed by atoms with van der Waals surface area (Å²) in [5.74, 6) is 2.22. The highest BCUT2D eigenvalue weighted by atomic mass is 16.6. The molecule has 86 valence electrons. The monoisotopic (exact) mass is 220 g/mol. The predicted molar refractivity (Wildman–Crippen MR) is 59.7 cm³/mol. The van der Waals surface area contributed by atoms with E-state index in [0.717, 1.165) is 17.9 Å². The quantitative estimate of drug-likeness (QED) is 0.846. The van der Waals surface area contributed by atoms with Gasteiger partial charge in [-0.25, -0.2) is 0 Å². The molecule has 1 aromatic rings. The highest BCUT2D eigenvalue weighted by Gasteiger charge is 2.32. The van der Waals surface area contributed by atoms with Crippen LogP contribution in [0.4, 0.5) is 0 Å². The third-order valence-corrected chi connectivity index (χ3v) is 3.23. The lowest BCUT2D eigenvalue weighted by molar-refractivity contribution is -0.0159. The number of para-hydroxylation sites is 2. The van der Waals surface area contributed by atoms with Gasteiger partial charge >= 0.3 is 0 Å². The molecule has 0 radical (unpaired) electrons. The van der Waals surface area contributed by atoms with Crippen LogP contribution in [0, 0.1) is 5.92 Å². The Morgan fingerprint density at radius 2 is 2.00 bits per heavy atom. The van der Waals surface area contributed by atoms with E-state index in [9.17, 15) is 5.11 Å². The van der Waals surface area contributed by atoms with Crippen LogP contribution in [0.2, 0.25) is 0 Å². The van der Waals surface area contributed by atoms with E-state index in [1.54, 1.807) is 0 Å². The van der Waals surface area contributed by atoms with Gasteiger partial charge in [0, 0.05) is 0 Å². The molecule has 2 aliphatic rings. The third kappa shape index (κ3) is 2.00.